The molecule has 1 aliphatic carbocycles. The first-order valence-corrected chi connectivity index (χ1v) is 10.1. The first kappa shape index (κ1) is 20.3. The molecule has 2 fully saturated rings. The van der Waals surface area contributed by atoms with Gasteiger partial charge in [-0.1, -0.05) is 19.3 Å². The number of ether oxygens (including phenoxy) is 2. The molecule has 2 aliphatic rings. The molecule has 1 aliphatic heterocycles. The number of carbonyl (C=O) groups excluding carboxylic acids is 2. The van der Waals surface area contributed by atoms with Gasteiger partial charge in [-0.25, -0.2) is 9.10 Å². The number of nitrogens with zero attached hydrogens (tertiary/aromatic N) is 3. The number of methoxy groups -OCH3 is 1. The third kappa shape index (κ3) is 5.09. The highest BCUT2D eigenvalue weighted by Gasteiger charge is 2.33. The van der Waals surface area contributed by atoms with Crippen molar-refractivity contribution in [1.29, 1.82) is 0 Å². The van der Waals surface area contributed by atoms with Gasteiger partial charge >= 0.3 is 17.9 Å². The normalized spacial score (nSPS) is 19.3. The van der Waals surface area contributed by atoms with Crippen molar-refractivity contribution in [3.05, 3.63) is 24.3 Å². The van der Waals surface area contributed by atoms with Gasteiger partial charge in [0, 0.05) is 18.0 Å². The van der Waals surface area contributed by atoms with Gasteiger partial charge < -0.3 is 14.4 Å². The maximum Gasteiger partial charge on any atom is 0.446 e. The summed E-state index contributed by atoms with van der Waals surface area (Å²) in [4.78, 5) is 32.3. The SMILES string of the molecule is COc1ccc(SN(C)C(=O)ON=C2OCCN(C3CCCCC3)C2=O)cc1. The van der Waals surface area contributed by atoms with E-state index in [1.165, 1.54) is 22.7 Å². The van der Waals surface area contributed by atoms with Crippen LogP contribution in [0.3, 0.4) is 0 Å². The Labute approximate surface area is 168 Å². The molecule has 2 amide bonds. The predicted molar refractivity (Wildman–Crippen MR) is 105 cm³/mol. The van der Waals surface area contributed by atoms with Crippen molar-refractivity contribution in [2.24, 2.45) is 5.16 Å². The fourth-order valence-electron chi connectivity index (χ4n) is 3.30. The summed E-state index contributed by atoms with van der Waals surface area (Å²) in [7, 11) is 3.16. The van der Waals surface area contributed by atoms with Crippen molar-refractivity contribution in [1.82, 2.24) is 9.21 Å². The Hall–Kier alpha value is -2.42. The van der Waals surface area contributed by atoms with Crippen molar-refractivity contribution in [3.63, 3.8) is 0 Å². The lowest BCUT2D eigenvalue weighted by Gasteiger charge is -2.36. The molecule has 3 rings (SSSR count). The molecule has 9 heteroatoms. The zero-order valence-corrected chi connectivity index (χ0v) is 16.9. The summed E-state index contributed by atoms with van der Waals surface area (Å²) in [6.07, 6.45) is 4.78. The Morgan fingerprint density at radius 3 is 2.64 bits per heavy atom. The van der Waals surface area contributed by atoms with Gasteiger partial charge in [0.1, 0.15) is 12.4 Å². The monoisotopic (exact) mass is 407 g/mol. The van der Waals surface area contributed by atoms with E-state index in [4.69, 9.17) is 14.3 Å². The lowest BCUT2D eigenvalue weighted by atomic mass is 9.94. The average molecular weight is 407 g/mol. The quantitative estimate of drug-likeness (QED) is 0.423. The van der Waals surface area contributed by atoms with E-state index in [9.17, 15) is 9.59 Å². The summed E-state index contributed by atoms with van der Waals surface area (Å²) in [5.74, 6) is 0.265. The van der Waals surface area contributed by atoms with Crippen molar-refractivity contribution >= 4 is 29.8 Å². The topological polar surface area (TPSA) is 80.7 Å². The second kappa shape index (κ2) is 9.68. The van der Waals surface area contributed by atoms with Gasteiger partial charge in [-0.15, -0.1) is 0 Å². The third-order valence-corrected chi connectivity index (χ3v) is 5.70. The van der Waals surface area contributed by atoms with Gasteiger partial charge in [0.2, 0.25) is 0 Å². The van der Waals surface area contributed by atoms with Crippen LogP contribution < -0.4 is 4.74 Å². The predicted octanol–water partition coefficient (Wildman–Crippen LogP) is 3.28. The number of carbonyl (C=O) groups is 2. The summed E-state index contributed by atoms with van der Waals surface area (Å²) in [6, 6.07) is 7.48. The van der Waals surface area contributed by atoms with Crippen LogP contribution in [0.15, 0.2) is 34.3 Å². The van der Waals surface area contributed by atoms with Crippen molar-refractivity contribution < 1.29 is 23.9 Å². The van der Waals surface area contributed by atoms with Gasteiger partial charge in [-0.3, -0.25) is 9.63 Å². The zero-order valence-electron chi connectivity index (χ0n) is 16.1. The number of rotatable bonds is 5. The Balaban J connectivity index is 1.55. The van der Waals surface area contributed by atoms with Crippen LogP contribution >= 0.6 is 11.9 Å². The molecule has 0 atom stereocenters. The minimum absolute atomic E-state index is 0.159. The Bertz CT molecular complexity index is 719. The molecular formula is C19H25N3O5S. The molecule has 0 radical (unpaired) electrons. The fraction of sp³-hybridized carbons (Fsp3) is 0.526. The van der Waals surface area contributed by atoms with Crippen LogP contribution in [0.5, 0.6) is 5.75 Å². The summed E-state index contributed by atoms with van der Waals surface area (Å²) in [5, 5.41) is 3.68. The van der Waals surface area contributed by atoms with E-state index in [0.717, 1.165) is 36.3 Å². The molecule has 0 unspecified atom stereocenters. The van der Waals surface area contributed by atoms with Crippen LogP contribution in [0.1, 0.15) is 32.1 Å². The summed E-state index contributed by atoms with van der Waals surface area (Å²) in [5.41, 5.74) is 0. The second-order valence-corrected chi connectivity index (χ2v) is 7.86. The van der Waals surface area contributed by atoms with Crippen LogP contribution in [-0.2, 0) is 14.4 Å². The largest absolute Gasteiger partial charge is 0.497 e. The van der Waals surface area contributed by atoms with E-state index < -0.39 is 6.09 Å². The summed E-state index contributed by atoms with van der Waals surface area (Å²) >= 11 is 1.18. The zero-order chi connectivity index (χ0) is 19.9. The van der Waals surface area contributed by atoms with E-state index in [-0.39, 0.29) is 17.8 Å². The third-order valence-electron chi connectivity index (χ3n) is 4.80. The molecule has 28 heavy (non-hydrogen) atoms. The number of amides is 2. The van der Waals surface area contributed by atoms with E-state index >= 15 is 0 Å². The highest BCUT2D eigenvalue weighted by molar-refractivity contribution is 7.97. The van der Waals surface area contributed by atoms with Crippen LogP contribution in [0.2, 0.25) is 0 Å². The first-order valence-electron chi connectivity index (χ1n) is 9.37. The standard InChI is InChI=1S/C19H25N3O5S/c1-21(28-16-10-8-15(25-2)9-11-16)19(24)27-20-17-18(23)22(12-13-26-17)14-6-4-3-5-7-14/h8-11,14H,3-7,12-13H2,1-2H3. The molecule has 0 bridgehead atoms. The fourth-order valence-corrected chi connectivity index (χ4v) is 3.99. The molecule has 1 saturated heterocycles. The molecule has 0 N–H and O–H groups in total. The number of hydrogen-bond donors (Lipinski definition) is 0. The Morgan fingerprint density at radius 2 is 1.96 bits per heavy atom. The van der Waals surface area contributed by atoms with Crippen LogP contribution in [-0.4, -0.2) is 60.5 Å². The smallest absolute Gasteiger partial charge is 0.446 e. The molecule has 8 nitrogen and oxygen atoms in total. The molecular weight excluding hydrogens is 382 g/mol. The van der Waals surface area contributed by atoms with Crippen molar-refractivity contribution in [2.75, 3.05) is 27.3 Å². The van der Waals surface area contributed by atoms with Crippen LogP contribution in [0, 0.1) is 0 Å². The highest BCUT2D eigenvalue weighted by atomic mass is 32.2. The molecule has 0 spiro atoms. The maximum absolute atomic E-state index is 12.6. The van der Waals surface area contributed by atoms with Crippen molar-refractivity contribution in [2.45, 2.75) is 43.0 Å². The number of morpholine rings is 1. The maximum atomic E-state index is 12.6. The second-order valence-electron chi connectivity index (χ2n) is 6.66. The molecule has 1 aromatic carbocycles. The van der Waals surface area contributed by atoms with E-state index in [1.807, 2.05) is 12.1 Å². The van der Waals surface area contributed by atoms with Gasteiger partial charge in [0.15, 0.2) is 0 Å². The molecule has 0 aromatic heterocycles. The van der Waals surface area contributed by atoms with Gasteiger partial charge in [-0.05, 0) is 54.2 Å². The summed E-state index contributed by atoms with van der Waals surface area (Å²) < 4.78 is 11.7. The van der Waals surface area contributed by atoms with E-state index in [1.54, 1.807) is 31.2 Å². The van der Waals surface area contributed by atoms with Crippen LogP contribution in [0.4, 0.5) is 4.79 Å². The number of hydrogen-bond acceptors (Lipinski definition) is 7. The van der Waals surface area contributed by atoms with E-state index in [0.29, 0.717) is 13.2 Å². The number of benzene rings is 1. The van der Waals surface area contributed by atoms with Gasteiger partial charge in [0.05, 0.1) is 13.7 Å². The van der Waals surface area contributed by atoms with Crippen molar-refractivity contribution in [3.8, 4) is 5.75 Å². The molecule has 1 aromatic rings. The average Bonchev–Trinajstić information content (AvgIpc) is 2.74. The Kier molecular flexibility index (Phi) is 7.02. The number of oxime groups is 1. The lowest BCUT2D eigenvalue weighted by molar-refractivity contribution is -0.132. The molecule has 1 saturated carbocycles. The first-order chi connectivity index (χ1) is 13.6. The van der Waals surface area contributed by atoms with Gasteiger partial charge in [0.25, 0.3) is 0 Å². The molecule has 1 heterocycles. The lowest BCUT2D eigenvalue weighted by Crippen LogP contribution is -2.51. The molecule has 152 valence electrons. The van der Waals surface area contributed by atoms with Crippen LogP contribution in [0.25, 0.3) is 0 Å². The van der Waals surface area contributed by atoms with E-state index in [2.05, 4.69) is 5.16 Å². The van der Waals surface area contributed by atoms with Gasteiger partial charge in [-0.2, -0.15) is 0 Å². The Morgan fingerprint density at radius 1 is 1.25 bits per heavy atom. The minimum Gasteiger partial charge on any atom is -0.497 e. The minimum atomic E-state index is -0.695. The highest BCUT2D eigenvalue weighted by Crippen LogP contribution is 2.25. The summed E-state index contributed by atoms with van der Waals surface area (Å²) in [6.45, 7) is 0.902.